The molecule has 3 heterocycles. The highest BCUT2D eigenvalue weighted by Crippen LogP contribution is 2.22. The Balaban J connectivity index is 1.40. The largest absolute Gasteiger partial charge is 0.481 e. The second-order valence-electron chi connectivity index (χ2n) is 7.93. The van der Waals surface area contributed by atoms with Crippen molar-refractivity contribution in [2.45, 2.75) is 64.3 Å². The van der Waals surface area contributed by atoms with Gasteiger partial charge in [0, 0.05) is 35.5 Å². The number of fused-ring (bicyclic) bond motifs is 1. The summed E-state index contributed by atoms with van der Waals surface area (Å²) in [6.45, 7) is 1.80. The van der Waals surface area contributed by atoms with Crippen molar-refractivity contribution >= 4 is 5.97 Å². The highest BCUT2D eigenvalue weighted by Gasteiger charge is 2.19. The molecule has 0 aliphatic heterocycles. The molecule has 1 aliphatic rings. The molecule has 0 saturated heterocycles. The van der Waals surface area contributed by atoms with Crippen LogP contribution in [0.25, 0.3) is 0 Å². The Labute approximate surface area is 176 Å². The lowest BCUT2D eigenvalue weighted by Crippen LogP contribution is -2.16. The average molecular weight is 406 g/mol. The Morgan fingerprint density at radius 3 is 2.67 bits per heavy atom. The molecule has 7 heteroatoms. The van der Waals surface area contributed by atoms with E-state index in [-0.39, 0.29) is 6.42 Å². The summed E-state index contributed by atoms with van der Waals surface area (Å²) >= 11 is 0. The predicted octanol–water partition coefficient (Wildman–Crippen LogP) is 3.49. The molecule has 1 unspecified atom stereocenters. The van der Waals surface area contributed by atoms with Gasteiger partial charge in [0.05, 0.1) is 18.2 Å². The van der Waals surface area contributed by atoms with Crippen LogP contribution in [0.5, 0.6) is 0 Å². The lowest BCUT2D eigenvalue weighted by molar-refractivity contribution is -0.137. The fourth-order valence-electron chi connectivity index (χ4n) is 4.01. The van der Waals surface area contributed by atoms with Gasteiger partial charge in [0.25, 0.3) is 0 Å². The molecule has 3 aromatic heterocycles. The molecule has 7 nitrogen and oxygen atoms in total. The van der Waals surface area contributed by atoms with E-state index in [1.165, 1.54) is 24.1 Å². The summed E-state index contributed by atoms with van der Waals surface area (Å²) in [4.78, 5) is 24.6. The van der Waals surface area contributed by atoms with Crippen molar-refractivity contribution in [2.75, 3.05) is 0 Å². The van der Waals surface area contributed by atoms with Crippen LogP contribution in [0.1, 0.15) is 65.8 Å². The van der Waals surface area contributed by atoms with Gasteiger partial charge in [0.1, 0.15) is 5.82 Å². The van der Waals surface area contributed by atoms with E-state index in [4.69, 9.17) is 4.98 Å². The van der Waals surface area contributed by atoms with Gasteiger partial charge >= 0.3 is 5.97 Å². The summed E-state index contributed by atoms with van der Waals surface area (Å²) in [7, 11) is 0. The molecule has 0 amide bonds. The van der Waals surface area contributed by atoms with Crippen LogP contribution in [0.15, 0.2) is 36.8 Å². The van der Waals surface area contributed by atoms with Gasteiger partial charge in [-0.05, 0) is 69.6 Å². The van der Waals surface area contributed by atoms with Gasteiger partial charge in [-0.25, -0.2) is 9.97 Å². The molecule has 0 aromatic carbocycles. The van der Waals surface area contributed by atoms with Gasteiger partial charge in [-0.2, -0.15) is 5.10 Å². The molecule has 0 bridgehead atoms. The van der Waals surface area contributed by atoms with Crippen molar-refractivity contribution < 1.29 is 9.90 Å². The molecule has 4 rings (SSSR count). The number of carboxylic acid groups (broad SMARTS) is 1. The van der Waals surface area contributed by atoms with Crippen LogP contribution < -0.4 is 0 Å². The third kappa shape index (κ3) is 4.90. The smallest absolute Gasteiger partial charge is 0.305 e. The number of aliphatic carboxylic acids is 1. The first-order chi connectivity index (χ1) is 14.6. The van der Waals surface area contributed by atoms with Gasteiger partial charge in [-0.3, -0.25) is 14.5 Å². The van der Waals surface area contributed by atoms with Crippen LogP contribution in [0.2, 0.25) is 0 Å². The second-order valence-corrected chi connectivity index (χ2v) is 7.93. The molecular formula is C23H27N5O2. The molecule has 1 atom stereocenters. The van der Waals surface area contributed by atoms with Crippen molar-refractivity contribution in [1.29, 1.82) is 0 Å². The van der Waals surface area contributed by atoms with Crippen molar-refractivity contribution in [3.8, 4) is 0 Å². The fraction of sp³-hybridized carbons (Fsp3) is 0.435. The van der Waals surface area contributed by atoms with E-state index in [2.05, 4.69) is 27.2 Å². The maximum absolute atomic E-state index is 11.4. The predicted molar refractivity (Wildman–Crippen MR) is 112 cm³/mol. The highest BCUT2D eigenvalue weighted by atomic mass is 16.4. The number of hydrogen-bond donors (Lipinski definition) is 1. The number of aromatic nitrogens is 5. The minimum absolute atomic E-state index is 0.0629. The summed E-state index contributed by atoms with van der Waals surface area (Å²) in [5.74, 6) is -0.221. The molecule has 0 spiro atoms. The van der Waals surface area contributed by atoms with E-state index < -0.39 is 12.0 Å². The Morgan fingerprint density at radius 1 is 1.10 bits per heavy atom. The van der Waals surface area contributed by atoms with Gasteiger partial charge in [0.2, 0.25) is 0 Å². The van der Waals surface area contributed by atoms with Gasteiger partial charge in [-0.15, -0.1) is 0 Å². The number of nitrogens with zero attached hydrogens (tertiary/aromatic N) is 5. The molecule has 30 heavy (non-hydrogen) atoms. The summed E-state index contributed by atoms with van der Waals surface area (Å²) in [5.41, 5.74) is 5.54. The summed E-state index contributed by atoms with van der Waals surface area (Å²) < 4.78 is 1.72. The molecule has 0 saturated carbocycles. The number of hydrogen-bond acceptors (Lipinski definition) is 5. The van der Waals surface area contributed by atoms with Crippen LogP contribution in [-0.2, 0) is 30.5 Å². The van der Waals surface area contributed by atoms with E-state index >= 15 is 0 Å². The van der Waals surface area contributed by atoms with Crippen LogP contribution in [0.4, 0.5) is 0 Å². The van der Waals surface area contributed by atoms with E-state index in [0.717, 1.165) is 49.1 Å². The minimum Gasteiger partial charge on any atom is -0.481 e. The molecule has 156 valence electrons. The molecular weight excluding hydrogens is 378 g/mol. The third-order valence-electron chi connectivity index (χ3n) is 5.64. The number of carboxylic acids is 1. The van der Waals surface area contributed by atoms with Crippen LogP contribution >= 0.6 is 0 Å². The summed E-state index contributed by atoms with van der Waals surface area (Å²) in [6, 6.07) is 5.94. The minimum atomic E-state index is -0.879. The Bertz CT molecular complexity index is 1010. The van der Waals surface area contributed by atoms with E-state index in [1.54, 1.807) is 24.0 Å². The zero-order valence-corrected chi connectivity index (χ0v) is 17.3. The van der Waals surface area contributed by atoms with Crippen LogP contribution in [0, 0.1) is 6.92 Å². The third-order valence-corrected chi connectivity index (χ3v) is 5.64. The standard InChI is InChI=1S/C23H27N5O2/c1-16-24-14-18(15-25-16)22(13-23(29)30)28-12-11-20(27-28)7-4-6-19-10-9-17-5-2-3-8-21(17)26-19/h9-12,14-15,22H,2-8,13H2,1H3,(H,29,30). The van der Waals surface area contributed by atoms with E-state index in [1.807, 2.05) is 12.3 Å². The molecule has 0 radical (unpaired) electrons. The summed E-state index contributed by atoms with van der Waals surface area (Å²) in [6.07, 6.45) is 12.6. The summed E-state index contributed by atoms with van der Waals surface area (Å²) in [5, 5.41) is 14.0. The van der Waals surface area contributed by atoms with Gasteiger partial charge < -0.3 is 5.11 Å². The first-order valence-corrected chi connectivity index (χ1v) is 10.6. The normalized spacial score (nSPS) is 14.3. The van der Waals surface area contributed by atoms with Crippen molar-refractivity contribution in [1.82, 2.24) is 24.7 Å². The highest BCUT2D eigenvalue weighted by molar-refractivity contribution is 5.68. The first-order valence-electron chi connectivity index (χ1n) is 10.6. The van der Waals surface area contributed by atoms with Gasteiger partial charge in [0.15, 0.2) is 0 Å². The van der Waals surface area contributed by atoms with E-state index in [9.17, 15) is 9.90 Å². The van der Waals surface area contributed by atoms with Crippen LogP contribution in [-0.4, -0.2) is 35.8 Å². The Kier molecular flexibility index (Phi) is 6.16. The Morgan fingerprint density at radius 2 is 1.87 bits per heavy atom. The zero-order valence-electron chi connectivity index (χ0n) is 17.3. The van der Waals surface area contributed by atoms with Gasteiger partial charge in [-0.1, -0.05) is 6.07 Å². The molecule has 1 aliphatic carbocycles. The number of carbonyl (C=O) groups is 1. The van der Waals surface area contributed by atoms with Crippen molar-refractivity contribution in [2.24, 2.45) is 0 Å². The quantitative estimate of drug-likeness (QED) is 0.616. The monoisotopic (exact) mass is 405 g/mol. The average Bonchev–Trinajstić information content (AvgIpc) is 3.21. The topological polar surface area (TPSA) is 93.8 Å². The number of rotatable bonds is 8. The molecule has 3 aromatic rings. The number of aryl methyl sites for hydroxylation is 5. The maximum Gasteiger partial charge on any atom is 0.305 e. The van der Waals surface area contributed by atoms with Crippen molar-refractivity contribution in [3.05, 3.63) is 70.8 Å². The SMILES string of the molecule is Cc1ncc(C(CC(=O)O)n2ccc(CCCc3ccc4c(n3)CCCC4)n2)cn1. The number of pyridine rings is 1. The second kappa shape index (κ2) is 9.15. The Hall–Kier alpha value is -3.09. The molecule has 0 fully saturated rings. The molecule has 1 N–H and O–H groups in total. The van der Waals surface area contributed by atoms with E-state index in [0.29, 0.717) is 5.82 Å². The fourth-order valence-corrected chi connectivity index (χ4v) is 4.01. The zero-order chi connectivity index (χ0) is 20.9. The maximum atomic E-state index is 11.4. The lowest BCUT2D eigenvalue weighted by atomic mass is 9.95. The van der Waals surface area contributed by atoms with Crippen molar-refractivity contribution in [3.63, 3.8) is 0 Å². The van der Waals surface area contributed by atoms with Crippen LogP contribution in [0.3, 0.4) is 0 Å². The first kappa shape index (κ1) is 20.2. The lowest BCUT2D eigenvalue weighted by Gasteiger charge is -2.15.